The van der Waals surface area contributed by atoms with Gasteiger partial charge >= 0.3 is 0 Å². The first-order valence-electron chi connectivity index (χ1n) is 9.24. The van der Waals surface area contributed by atoms with Crippen LogP contribution >= 0.6 is 0 Å². The molecule has 140 valence electrons. The summed E-state index contributed by atoms with van der Waals surface area (Å²) in [7, 11) is 3.28. The standard InChI is InChI=1S/C21H23N3O3/c1-26-17-7-8-19(22-11-17)18-9-15-12-24(23-20(15)10-21(18)27-2)16-5-3-14(13-25)4-6-16/h7-14,16H,3-6H2,1-2H3. The van der Waals surface area contributed by atoms with Crippen LogP contribution in [0.2, 0.25) is 0 Å². The summed E-state index contributed by atoms with van der Waals surface area (Å²) in [5, 5.41) is 5.82. The van der Waals surface area contributed by atoms with Crippen molar-refractivity contribution in [1.82, 2.24) is 14.8 Å². The fourth-order valence-corrected chi connectivity index (χ4v) is 3.79. The zero-order valence-electron chi connectivity index (χ0n) is 15.6. The molecule has 4 rings (SSSR count). The lowest BCUT2D eigenvalue weighted by molar-refractivity contribution is -0.112. The monoisotopic (exact) mass is 365 g/mol. The second-order valence-corrected chi connectivity index (χ2v) is 7.01. The van der Waals surface area contributed by atoms with Crippen LogP contribution in [0.25, 0.3) is 22.2 Å². The summed E-state index contributed by atoms with van der Waals surface area (Å²) in [5.74, 6) is 1.67. The third kappa shape index (κ3) is 3.39. The number of fused-ring (bicyclic) bond motifs is 1. The van der Waals surface area contributed by atoms with Gasteiger partial charge in [-0.25, -0.2) is 0 Å². The van der Waals surface area contributed by atoms with Crippen molar-refractivity contribution in [3.05, 3.63) is 36.7 Å². The molecular formula is C21H23N3O3. The van der Waals surface area contributed by atoms with E-state index in [2.05, 4.69) is 21.9 Å². The van der Waals surface area contributed by atoms with Gasteiger partial charge in [0.05, 0.1) is 37.7 Å². The number of carbonyl (C=O) groups is 1. The summed E-state index contributed by atoms with van der Waals surface area (Å²) in [5.41, 5.74) is 2.66. The Labute approximate surface area is 158 Å². The summed E-state index contributed by atoms with van der Waals surface area (Å²) in [6, 6.07) is 8.20. The minimum Gasteiger partial charge on any atom is -0.496 e. The van der Waals surface area contributed by atoms with Crippen LogP contribution in [0.15, 0.2) is 36.7 Å². The molecule has 3 aromatic rings. The van der Waals surface area contributed by atoms with Crippen molar-refractivity contribution in [3.63, 3.8) is 0 Å². The second kappa shape index (κ2) is 7.39. The van der Waals surface area contributed by atoms with Gasteiger partial charge in [0.1, 0.15) is 17.8 Å². The van der Waals surface area contributed by atoms with Crippen LogP contribution in [0.3, 0.4) is 0 Å². The molecule has 27 heavy (non-hydrogen) atoms. The number of aromatic nitrogens is 3. The van der Waals surface area contributed by atoms with Crippen LogP contribution in [0.1, 0.15) is 31.7 Å². The normalized spacial score (nSPS) is 19.8. The molecule has 1 aliphatic rings. The largest absolute Gasteiger partial charge is 0.496 e. The Morgan fingerprint density at radius 2 is 1.93 bits per heavy atom. The minimum atomic E-state index is 0.207. The Morgan fingerprint density at radius 3 is 2.56 bits per heavy atom. The number of pyridine rings is 1. The maximum atomic E-state index is 11.0. The number of aldehydes is 1. The van der Waals surface area contributed by atoms with Gasteiger partial charge in [-0.3, -0.25) is 9.67 Å². The van der Waals surface area contributed by atoms with Gasteiger partial charge in [-0.1, -0.05) is 0 Å². The van der Waals surface area contributed by atoms with Crippen LogP contribution in [0.5, 0.6) is 11.5 Å². The summed E-state index contributed by atoms with van der Waals surface area (Å²) in [4.78, 5) is 15.5. The Kier molecular flexibility index (Phi) is 4.79. The average molecular weight is 365 g/mol. The molecule has 6 nitrogen and oxygen atoms in total. The number of methoxy groups -OCH3 is 2. The van der Waals surface area contributed by atoms with Crippen LogP contribution in [-0.2, 0) is 4.79 Å². The Hall–Kier alpha value is -2.89. The highest BCUT2D eigenvalue weighted by Gasteiger charge is 2.23. The lowest BCUT2D eigenvalue weighted by Gasteiger charge is -2.25. The SMILES string of the molecule is COc1ccc(-c2cc3cn(C4CCC(C=O)CC4)nc3cc2OC)nc1. The molecule has 0 atom stereocenters. The molecule has 0 aliphatic heterocycles. The number of benzene rings is 1. The average Bonchev–Trinajstić information content (AvgIpc) is 3.16. The second-order valence-electron chi connectivity index (χ2n) is 7.01. The van der Waals surface area contributed by atoms with Crippen molar-refractivity contribution in [3.8, 4) is 22.8 Å². The predicted octanol–water partition coefficient (Wildman–Crippen LogP) is 4.05. The third-order valence-corrected chi connectivity index (χ3v) is 5.40. The van der Waals surface area contributed by atoms with E-state index in [1.54, 1.807) is 20.4 Å². The summed E-state index contributed by atoms with van der Waals surface area (Å²) in [6.45, 7) is 0. The first-order valence-corrected chi connectivity index (χ1v) is 9.24. The van der Waals surface area contributed by atoms with Crippen molar-refractivity contribution in [2.24, 2.45) is 5.92 Å². The minimum absolute atomic E-state index is 0.207. The fraction of sp³-hybridized carbons (Fsp3) is 0.381. The molecule has 0 spiro atoms. The van der Waals surface area contributed by atoms with Gasteiger partial charge < -0.3 is 14.3 Å². The molecule has 2 heterocycles. The first kappa shape index (κ1) is 17.5. The van der Waals surface area contributed by atoms with Gasteiger partial charge in [-0.05, 0) is 43.9 Å². The van der Waals surface area contributed by atoms with Crippen molar-refractivity contribution < 1.29 is 14.3 Å². The highest BCUT2D eigenvalue weighted by molar-refractivity contribution is 5.87. The smallest absolute Gasteiger partial charge is 0.137 e. The molecule has 1 aliphatic carbocycles. The number of hydrogen-bond acceptors (Lipinski definition) is 5. The molecule has 0 saturated heterocycles. The molecule has 2 aromatic heterocycles. The highest BCUT2D eigenvalue weighted by atomic mass is 16.5. The zero-order valence-corrected chi connectivity index (χ0v) is 15.6. The number of hydrogen-bond donors (Lipinski definition) is 0. The molecular weight excluding hydrogens is 342 g/mol. The van der Waals surface area contributed by atoms with Gasteiger partial charge in [0.15, 0.2) is 0 Å². The van der Waals surface area contributed by atoms with E-state index < -0.39 is 0 Å². The van der Waals surface area contributed by atoms with Crippen LogP contribution in [-0.4, -0.2) is 35.3 Å². The molecule has 0 bridgehead atoms. The lowest BCUT2D eigenvalue weighted by atomic mass is 9.87. The molecule has 1 aromatic carbocycles. The summed E-state index contributed by atoms with van der Waals surface area (Å²) >= 11 is 0. The highest BCUT2D eigenvalue weighted by Crippen LogP contribution is 2.36. The van der Waals surface area contributed by atoms with Crippen LogP contribution in [0.4, 0.5) is 0 Å². The van der Waals surface area contributed by atoms with E-state index in [0.717, 1.165) is 65.6 Å². The molecule has 0 unspecified atom stereocenters. The van der Waals surface area contributed by atoms with E-state index >= 15 is 0 Å². The summed E-state index contributed by atoms with van der Waals surface area (Å²) in [6.07, 6.45) is 8.74. The zero-order chi connectivity index (χ0) is 18.8. The Morgan fingerprint density at radius 1 is 1.11 bits per heavy atom. The van der Waals surface area contributed by atoms with Crippen molar-refractivity contribution in [2.45, 2.75) is 31.7 Å². The van der Waals surface area contributed by atoms with Gasteiger partial charge in [-0.15, -0.1) is 0 Å². The van der Waals surface area contributed by atoms with E-state index in [1.165, 1.54) is 0 Å². The van der Waals surface area contributed by atoms with Crippen LogP contribution in [0, 0.1) is 5.92 Å². The number of rotatable bonds is 5. The first-order chi connectivity index (χ1) is 13.2. The number of carbonyl (C=O) groups excluding carboxylic acids is 1. The molecule has 6 heteroatoms. The quantitative estimate of drug-likeness (QED) is 0.638. The lowest BCUT2D eigenvalue weighted by Crippen LogP contribution is -2.19. The van der Waals surface area contributed by atoms with E-state index in [9.17, 15) is 4.79 Å². The predicted molar refractivity (Wildman–Crippen MR) is 103 cm³/mol. The maximum Gasteiger partial charge on any atom is 0.137 e. The van der Waals surface area contributed by atoms with E-state index in [1.807, 2.05) is 18.2 Å². The van der Waals surface area contributed by atoms with Gasteiger partial charge in [0.25, 0.3) is 0 Å². The van der Waals surface area contributed by atoms with Crippen LogP contribution < -0.4 is 9.47 Å². The van der Waals surface area contributed by atoms with Gasteiger partial charge in [-0.2, -0.15) is 5.10 Å². The van der Waals surface area contributed by atoms with Gasteiger partial charge in [0, 0.05) is 29.1 Å². The molecule has 1 fully saturated rings. The topological polar surface area (TPSA) is 66.2 Å². The van der Waals surface area contributed by atoms with E-state index in [4.69, 9.17) is 14.6 Å². The molecule has 0 N–H and O–H groups in total. The molecule has 0 radical (unpaired) electrons. The molecule has 1 saturated carbocycles. The van der Waals surface area contributed by atoms with Crippen molar-refractivity contribution in [2.75, 3.05) is 14.2 Å². The van der Waals surface area contributed by atoms with Crippen molar-refractivity contribution in [1.29, 1.82) is 0 Å². The van der Waals surface area contributed by atoms with E-state index in [0.29, 0.717) is 6.04 Å². The maximum absolute atomic E-state index is 11.0. The molecule has 0 amide bonds. The Balaban J connectivity index is 1.68. The van der Waals surface area contributed by atoms with E-state index in [-0.39, 0.29) is 5.92 Å². The van der Waals surface area contributed by atoms with Crippen molar-refractivity contribution >= 4 is 17.2 Å². The number of nitrogens with zero attached hydrogens (tertiary/aromatic N) is 3. The van der Waals surface area contributed by atoms with Gasteiger partial charge in [0.2, 0.25) is 0 Å². The Bertz CT molecular complexity index is 941. The third-order valence-electron chi connectivity index (χ3n) is 5.40. The fourth-order valence-electron chi connectivity index (χ4n) is 3.79. The number of ether oxygens (including phenoxy) is 2. The summed E-state index contributed by atoms with van der Waals surface area (Å²) < 4.78 is 12.8.